The molecular weight excluding hydrogens is 270 g/mol. The van der Waals surface area contributed by atoms with Crippen molar-refractivity contribution in [1.29, 1.82) is 0 Å². The second kappa shape index (κ2) is 5.36. The number of benzene rings is 1. The van der Waals surface area contributed by atoms with Crippen LogP contribution in [0.3, 0.4) is 0 Å². The minimum atomic E-state index is -1.16. The predicted octanol–water partition coefficient (Wildman–Crippen LogP) is 1.69. The number of nitrogens with two attached hydrogens (primary N) is 2. The maximum absolute atomic E-state index is 11.2. The van der Waals surface area contributed by atoms with Crippen LogP contribution in [0.4, 0.5) is 11.4 Å². The van der Waals surface area contributed by atoms with E-state index in [0.717, 1.165) is 0 Å². The third-order valence-electron chi connectivity index (χ3n) is 2.42. The summed E-state index contributed by atoms with van der Waals surface area (Å²) in [6, 6.07) is 2.74. The number of hydrogen-bond acceptors (Lipinski definition) is 4. The lowest BCUT2D eigenvalue weighted by molar-refractivity contribution is -0.118. The number of nitrogens with one attached hydrogen (secondary N) is 1. The van der Waals surface area contributed by atoms with Crippen LogP contribution in [0.5, 0.6) is 0 Å². The summed E-state index contributed by atoms with van der Waals surface area (Å²) in [6.45, 7) is 3.44. The summed E-state index contributed by atoms with van der Waals surface area (Å²) in [7, 11) is 0. The van der Waals surface area contributed by atoms with Crippen LogP contribution in [-0.4, -0.2) is 22.5 Å². The zero-order valence-corrected chi connectivity index (χ0v) is 11.4. The SMILES string of the molecule is CC(C)(CC(N)=O)Nc1c(Cl)cc(N)cc1C(=O)O. The van der Waals surface area contributed by atoms with Crippen molar-refractivity contribution < 1.29 is 14.7 Å². The van der Waals surface area contributed by atoms with Crippen molar-refractivity contribution in [2.45, 2.75) is 25.8 Å². The van der Waals surface area contributed by atoms with Crippen LogP contribution in [0.1, 0.15) is 30.6 Å². The Morgan fingerprint density at radius 1 is 1.42 bits per heavy atom. The van der Waals surface area contributed by atoms with Crippen LogP contribution >= 0.6 is 11.6 Å². The molecule has 0 aromatic heterocycles. The number of carbonyl (C=O) groups is 2. The highest BCUT2D eigenvalue weighted by molar-refractivity contribution is 6.34. The van der Waals surface area contributed by atoms with E-state index in [9.17, 15) is 9.59 Å². The van der Waals surface area contributed by atoms with E-state index >= 15 is 0 Å². The van der Waals surface area contributed by atoms with Crippen LogP contribution in [0.2, 0.25) is 5.02 Å². The molecule has 0 saturated carbocycles. The minimum Gasteiger partial charge on any atom is -0.478 e. The molecule has 0 heterocycles. The third kappa shape index (κ3) is 4.03. The number of aromatic carboxylic acids is 1. The molecule has 0 fully saturated rings. The van der Waals surface area contributed by atoms with Gasteiger partial charge >= 0.3 is 5.97 Å². The molecule has 0 aliphatic heterocycles. The second-order valence-corrected chi connectivity index (χ2v) is 5.29. The van der Waals surface area contributed by atoms with Gasteiger partial charge in [0.25, 0.3) is 0 Å². The topological polar surface area (TPSA) is 118 Å². The van der Waals surface area contributed by atoms with Crippen molar-refractivity contribution in [3.05, 3.63) is 22.7 Å². The van der Waals surface area contributed by atoms with Gasteiger partial charge in [-0.15, -0.1) is 0 Å². The van der Waals surface area contributed by atoms with Crippen molar-refractivity contribution in [3.8, 4) is 0 Å². The minimum absolute atomic E-state index is 0.0345. The van der Waals surface area contributed by atoms with Gasteiger partial charge in [-0.1, -0.05) is 11.6 Å². The molecule has 0 saturated heterocycles. The molecule has 1 rings (SSSR count). The number of amides is 1. The largest absolute Gasteiger partial charge is 0.478 e. The van der Waals surface area contributed by atoms with E-state index in [4.69, 9.17) is 28.2 Å². The Morgan fingerprint density at radius 3 is 2.47 bits per heavy atom. The Labute approximate surface area is 115 Å². The first-order valence-electron chi connectivity index (χ1n) is 5.51. The van der Waals surface area contributed by atoms with E-state index in [2.05, 4.69) is 5.32 Å². The number of carboxylic acid groups (broad SMARTS) is 1. The Kier molecular flexibility index (Phi) is 4.26. The van der Waals surface area contributed by atoms with Gasteiger partial charge < -0.3 is 21.9 Å². The molecule has 7 heteroatoms. The fourth-order valence-electron chi connectivity index (χ4n) is 1.74. The van der Waals surface area contributed by atoms with Gasteiger partial charge in [0.1, 0.15) is 0 Å². The monoisotopic (exact) mass is 285 g/mol. The lowest BCUT2D eigenvalue weighted by Crippen LogP contribution is -2.36. The van der Waals surface area contributed by atoms with E-state index < -0.39 is 17.4 Å². The zero-order chi connectivity index (χ0) is 14.8. The number of carboxylic acids is 1. The fourth-order valence-corrected chi connectivity index (χ4v) is 2.02. The molecule has 0 aliphatic carbocycles. The van der Waals surface area contributed by atoms with E-state index in [1.165, 1.54) is 12.1 Å². The summed E-state index contributed by atoms with van der Waals surface area (Å²) < 4.78 is 0. The number of anilines is 2. The molecule has 0 atom stereocenters. The molecule has 19 heavy (non-hydrogen) atoms. The molecular formula is C12H16ClN3O3. The molecule has 6 N–H and O–H groups in total. The Bertz CT molecular complexity index is 529. The highest BCUT2D eigenvalue weighted by Crippen LogP contribution is 2.32. The Balaban J connectivity index is 3.20. The zero-order valence-electron chi connectivity index (χ0n) is 10.7. The van der Waals surface area contributed by atoms with E-state index in [0.29, 0.717) is 0 Å². The van der Waals surface area contributed by atoms with Crippen LogP contribution in [0, 0.1) is 0 Å². The molecule has 6 nitrogen and oxygen atoms in total. The van der Waals surface area contributed by atoms with Gasteiger partial charge in [0.2, 0.25) is 5.91 Å². The van der Waals surface area contributed by atoms with Crippen LogP contribution in [0.25, 0.3) is 0 Å². The lowest BCUT2D eigenvalue weighted by atomic mass is 9.98. The first-order chi connectivity index (χ1) is 8.62. The average molecular weight is 286 g/mol. The second-order valence-electron chi connectivity index (χ2n) is 4.88. The Morgan fingerprint density at radius 2 is 2.00 bits per heavy atom. The van der Waals surface area contributed by atoms with Gasteiger partial charge in [-0.25, -0.2) is 4.79 Å². The van der Waals surface area contributed by atoms with Crippen LogP contribution in [0.15, 0.2) is 12.1 Å². The van der Waals surface area contributed by atoms with Crippen molar-refractivity contribution in [1.82, 2.24) is 0 Å². The van der Waals surface area contributed by atoms with Gasteiger partial charge in [0.15, 0.2) is 0 Å². The molecule has 104 valence electrons. The summed E-state index contributed by atoms with van der Waals surface area (Å²) in [4.78, 5) is 22.2. The lowest BCUT2D eigenvalue weighted by Gasteiger charge is -2.27. The highest BCUT2D eigenvalue weighted by Gasteiger charge is 2.24. The van der Waals surface area contributed by atoms with Crippen molar-refractivity contribution in [3.63, 3.8) is 0 Å². The third-order valence-corrected chi connectivity index (χ3v) is 2.72. The first-order valence-corrected chi connectivity index (χ1v) is 5.89. The standard InChI is InChI=1S/C12H16ClN3O3/c1-12(2,5-9(15)17)16-10-7(11(18)19)3-6(14)4-8(10)13/h3-4,16H,5,14H2,1-2H3,(H2,15,17)(H,18,19). The van der Waals surface area contributed by atoms with Gasteiger partial charge in [-0.2, -0.15) is 0 Å². The Hall–Kier alpha value is -1.95. The highest BCUT2D eigenvalue weighted by atomic mass is 35.5. The maximum atomic E-state index is 11.2. The molecule has 0 aliphatic rings. The number of rotatable bonds is 5. The summed E-state index contributed by atoms with van der Waals surface area (Å²) in [5, 5.41) is 12.2. The predicted molar refractivity (Wildman–Crippen MR) is 74.3 cm³/mol. The summed E-state index contributed by atoms with van der Waals surface area (Å²) >= 11 is 6.00. The fraction of sp³-hybridized carbons (Fsp3) is 0.333. The normalized spacial score (nSPS) is 11.1. The molecule has 0 bridgehead atoms. The smallest absolute Gasteiger partial charge is 0.337 e. The number of halogens is 1. The summed E-state index contributed by atoms with van der Waals surface area (Å²) in [5.74, 6) is -1.66. The number of primary amides is 1. The van der Waals surface area contributed by atoms with Crippen LogP contribution in [-0.2, 0) is 4.79 Å². The van der Waals surface area contributed by atoms with Crippen LogP contribution < -0.4 is 16.8 Å². The van der Waals surface area contributed by atoms with Crippen molar-refractivity contribution in [2.75, 3.05) is 11.1 Å². The van der Waals surface area contributed by atoms with E-state index in [1.807, 2.05) is 0 Å². The van der Waals surface area contributed by atoms with E-state index in [-0.39, 0.29) is 28.4 Å². The summed E-state index contributed by atoms with van der Waals surface area (Å²) in [5.41, 5.74) is 10.4. The first kappa shape index (κ1) is 15.1. The molecule has 1 amide bonds. The van der Waals surface area contributed by atoms with Gasteiger partial charge in [0.05, 0.1) is 16.3 Å². The van der Waals surface area contributed by atoms with Crippen molar-refractivity contribution >= 4 is 34.9 Å². The molecule has 0 radical (unpaired) electrons. The molecule has 0 spiro atoms. The summed E-state index contributed by atoms with van der Waals surface area (Å²) in [6.07, 6.45) is 0.0345. The maximum Gasteiger partial charge on any atom is 0.337 e. The van der Waals surface area contributed by atoms with Gasteiger partial charge in [-0.3, -0.25) is 4.79 Å². The van der Waals surface area contributed by atoms with E-state index in [1.54, 1.807) is 13.8 Å². The average Bonchev–Trinajstić information content (AvgIpc) is 2.19. The van der Waals surface area contributed by atoms with Crippen molar-refractivity contribution in [2.24, 2.45) is 5.73 Å². The number of hydrogen-bond donors (Lipinski definition) is 4. The molecule has 1 aromatic carbocycles. The van der Waals surface area contributed by atoms with Gasteiger partial charge in [0, 0.05) is 17.6 Å². The quantitative estimate of drug-likeness (QED) is 0.614. The molecule has 0 unspecified atom stereocenters. The number of carbonyl (C=O) groups excluding carboxylic acids is 1. The van der Waals surface area contributed by atoms with Gasteiger partial charge in [-0.05, 0) is 26.0 Å². The molecule has 1 aromatic rings. The number of nitrogen functional groups attached to an aromatic ring is 1.